The Bertz CT molecular complexity index is 476. The van der Waals surface area contributed by atoms with Crippen molar-refractivity contribution in [3.8, 4) is 11.3 Å². The molecule has 0 aliphatic carbocycles. The van der Waals surface area contributed by atoms with Crippen molar-refractivity contribution in [3.05, 3.63) is 41.3 Å². The van der Waals surface area contributed by atoms with E-state index in [-0.39, 0.29) is 6.10 Å². The third kappa shape index (κ3) is 3.08. The Morgan fingerprint density at radius 2 is 2.00 bits per heavy atom. The van der Waals surface area contributed by atoms with Crippen LogP contribution >= 0.6 is 11.6 Å². The van der Waals surface area contributed by atoms with Crippen LogP contribution in [-0.2, 0) is 11.3 Å². The zero-order valence-corrected chi connectivity index (χ0v) is 10.7. The van der Waals surface area contributed by atoms with Gasteiger partial charge in [-0.15, -0.1) is 0 Å². The zero-order chi connectivity index (χ0) is 12.3. The molecule has 0 aliphatic heterocycles. The van der Waals surface area contributed by atoms with E-state index in [0.717, 1.165) is 22.0 Å². The quantitative estimate of drug-likeness (QED) is 0.899. The largest absolute Gasteiger partial charge is 0.373 e. The molecule has 0 aliphatic rings. The first-order chi connectivity index (χ1) is 8.16. The Balaban J connectivity index is 2.21. The van der Waals surface area contributed by atoms with Gasteiger partial charge in [-0.1, -0.05) is 23.7 Å². The molecule has 0 atom stereocenters. The summed E-state index contributed by atoms with van der Waals surface area (Å²) in [5.41, 5.74) is 2.95. The maximum atomic E-state index is 5.86. The van der Waals surface area contributed by atoms with E-state index in [1.54, 1.807) is 6.33 Å². The Hall–Kier alpha value is -1.32. The predicted octanol–water partition coefficient (Wildman–Crippen LogP) is 3.66. The normalized spacial score (nSPS) is 11.1. The monoisotopic (exact) mass is 250 g/mol. The molecule has 0 saturated carbocycles. The van der Waals surface area contributed by atoms with Crippen molar-refractivity contribution >= 4 is 11.6 Å². The number of aromatic nitrogens is 2. The fourth-order valence-corrected chi connectivity index (χ4v) is 1.66. The number of imidazole rings is 1. The first-order valence-electron chi connectivity index (χ1n) is 5.56. The average molecular weight is 251 g/mol. The highest BCUT2D eigenvalue weighted by atomic mass is 35.5. The van der Waals surface area contributed by atoms with Crippen LogP contribution in [0.5, 0.6) is 0 Å². The van der Waals surface area contributed by atoms with Crippen LogP contribution in [-0.4, -0.2) is 16.1 Å². The van der Waals surface area contributed by atoms with Gasteiger partial charge in [0, 0.05) is 10.6 Å². The number of aromatic amines is 1. The number of nitrogens with one attached hydrogen (secondary N) is 1. The van der Waals surface area contributed by atoms with E-state index < -0.39 is 0 Å². The maximum absolute atomic E-state index is 5.86. The molecular formula is C13H15ClN2O. The number of benzene rings is 1. The number of nitrogens with zero attached hydrogens (tertiary/aromatic N) is 1. The minimum atomic E-state index is 0.205. The van der Waals surface area contributed by atoms with Gasteiger partial charge in [-0.25, -0.2) is 4.98 Å². The Morgan fingerprint density at radius 3 is 2.65 bits per heavy atom. The molecule has 0 saturated heterocycles. The summed E-state index contributed by atoms with van der Waals surface area (Å²) < 4.78 is 5.57. The van der Waals surface area contributed by atoms with Gasteiger partial charge in [-0.3, -0.25) is 0 Å². The summed E-state index contributed by atoms with van der Waals surface area (Å²) in [6.07, 6.45) is 1.89. The molecule has 1 N–H and O–H groups in total. The standard InChI is InChI=1S/C13H15ClN2O/c1-9(2)17-7-12-13(16-8-15-12)10-3-5-11(14)6-4-10/h3-6,8-9H,7H2,1-2H3,(H,15,16). The molecule has 0 unspecified atom stereocenters. The van der Waals surface area contributed by atoms with Crippen molar-refractivity contribution in [2.24, 2.45) is 0 Å². The highest BCUT2D eigenvalue weighted by molar-refractivity contribution is 6.30. The fraction of sp³-hybridized carbons (Fsp3) is 0.308. The molecule has 0 spiro atoms. The summed E-state index contributed by atoms with van der Waals surface area (Å²) in [5, 5.41) is 0.726. The maximum Gasteiger partial charge on any atom is 0.0936 e. The van der Waals surface area contributed by atoms with E-state index in [2.05, 4.69) is 9.97 Å². The summed E-state index contributed by atoms with van der Waals surface area (Å²) in [4.78, 5) is 7.42. The summed E-state index contributed by atoms with van der Waals surface area (Å²) in [7, 11) is 0. The summed E-state index contributed by atoms with van der Waals surface area (Å²) in [6.45, 7) is 4.56. The molecule has 17 heavy (non-hydrogen) atoms. The van der Waals surface area contributed by atoms with Crippen LogP contribution in [0.4, 0.5) is 0 Å². The van der Waals surface area contributed by atoms with Gasteiger partial charge in [0.15, 0.2) is 0 Å². The lowest BCUT2D eigenvalue weighted by atomic mass is 10.1. The van der Waals surface area contributed by atoms with Gasteiger partial charge in [0.1, 0.15) is 0 Å². The minimum Gasteiger partial charge on any atom is -0.373 e. The van der Waals surface area contributed by atoms with Crippen LogP contribution < -0.4 is 0 Å². The van der Waals surface area contributed by atoms with Crippen molar-refractivity contribution in [2.45, 2.75) is 26.6 Å². The van der Waals surface area contributed by atoms with Crippen molar-refractivity contribution in [2.75, 3.05) is 0 Å². The van der Waals surface area contributed by atoms with Gasteiger partial charge in [0.05, 0.1) is 30.4 Å². The summed E-state index contributed by atoms with van der Waals surface area (Å²) in [5.74, 6) is 0. The summed E-state index contributed by atoms with van der Waals surface area (Å²) >= 11 is 5.86. The number of halogens is 1. The molecule has 1 heterocycles. The van der Waals surface area contributed by atoms with Crippen LogP contribution in [0.2, 0.25) is 5.02 Å². The van der Waals surface area contributed by atoms with Crippen molar-refractivity contribution in [1.29, 1.82) is 0 Å². The number of hydrogen-bond acceptors (Lipinski definition) is 2. The number of hydrogen-bond donors (Lipinski definition) is 1. The topological polar surface area (TPSA) is 37.9 Å². The van der Waals surface area contributed by atoms with E-state index in [4.69, 9.17) is 16.3 Å². The molecule has 2 aromatic rings. The molecule has 0 amide bonds. The zero-order valence-electron chi connectivity index (χ0n) is 9.90. The summed E-state index contributed by atoms with van der Waals surface area (Å²) in [6, 6.07) is 7.63. The SMILES string of the molecule is CC(C)OCc1[nH]cnc1-c1ccc(Cl)cc1. The third-order valence-electron chi connectivity index (χ3n) is 2.40. The predicted molar refractivity (Wildman–Crippen MR) is 69.0 cm³/mol. The Kier molecular flexibility index (Phi) is 3.82. The second-order valence-corrected chi connectivity index (χ2v) is 4.53. The molecule has 3 nitrogen and oxygen atoms in total. The van der Waals surface area contributed by atoms with Gasteiger partial charge in [-0.05, 0) is 26.0 Å². The molecule has 0 fully saturated rings. The molecule has 1 aromatic heterocycles. The van der Waals surface area contributed by atoms with Crippen LogP contribution in [0.3, 0.4) is 0 Å². The van der Waals surface area contributed by atoms with Crippen LogP contribution in [0.25, 0.3) is 11.3 Å². The lowest BCUT2D eigenvalue weighted by Gasteiger charge is -2.07. The van der Waals surface area contributed by atoms with E-state index in [9.17, 15) is 0 Å². The van der Waals surface area contributed by atoms with Crippen LogP contribution in [0.1, 0.15) is 19.5 Å². The van der Waals surface area contributed by atoms with E-state index in [0.29, 0.717) is 6.61 Å². The molecule has 4 heteroatoms. The van der Waals surface area contributed by atoms with Crippen molar-refractivity contribution < 1.29 is 4.74 Å². The molecule has 0 bridgehead atoms. The molecule has 1 aromatic carbocycles. The minimum absolute atomic E-state index is 0.205. The van der Waals surface area contributed by atoms with Gasteiger partial charge in [0.25, 0.3) is 0 Å². The van der Waals surface area contributed by atoms with Gasteiger partial charge in [0.2, 0.25) is 0 Å². The lowest BCUT2D eigenvalue weighted by Crippen LogP contribution is -2.03. The lowest BCUT2D eigenvalue weighted by molar-refractivity contribution is 0.0641. The van der Waals surface area contributed by atoms with E-state index in [1.165, 1.54) is 0 Å². The number of H-pyrrole nitrogens is 1. The van der Waals surface area contributed by atoms with Crippen molar-refractivity contribution in [1.82, 2.24) is 9.97 Å². The van der Waals surface area contributed by atoms with E-state index >= 15 is 0 Å². The van der Waals surface area contributed by atoms with E-state index in [1.807, 2.05) is 38.1 Å². The highest BCUT2D eigenvalue weighted by Crippen LogP contribution is 2.22. The van der Waals surface area contributed by atoms with Gasteiger partial charge < -0.3 is 9.72 Å². The van der Waals surface area contributed by atoms with Gasteiger partial charge >= 0.3 is 0 Å². The molecular weight excluding hydrogens is 236 g/mol. The number of ether oxygens (including phenoxy) is 1. The third-order valence-corrected chi connectivity index (χ3v) is 2.65. The second kappa shape index (κ2) is 5.34. The first-order valence-corrected chi connectivity index (χ1v) is 5.94. The number of rotatable bonds is 4. The molecule has 2 rings (SSSR count). The van der Waals surface area contributed by atoms with Crippen molar-refractivity contribution in [3.63, 3.8) is 0 Å². The second-order valence-electron chi connectivity index (χ2n) is 4.10. The Labute approximate surface area is 106 Å². The average Bonchev–Trinajstić information content (AvgIpc) is 2.75. The Morgan fingerprint density at radius 1 is 1.29 bits per heavy atom. The fourth-order valence-electron chi connectivity index (χ4n) is 1.54. The smallest absolute Gasteiger partial charge is 0.0936 e. The molecule has 90 valence electrons. The highest BCUT2D eigenvalue weighted by Gasteiger charge is 2.08. The van der Waals surface area contributed by atoms with Crippen LogP contribution in [0, 0.1) is 0 Å². The molecule has 0 radical (unpaired) electrons. The van der Waals surface area contributed by atoms with Gasteiger partial charge in [-0.2, -0.15) is 0 Å². The first kappa shape index (κ1) is 12.1. The van der Waals surface area contributed by atoms with Crippen LogP contribution in [0.15, 0.2) is 30.6 Å².